The van der Waals surface area contributed by atoms with E-state index in [1.807, 2.05) is 35.2 Å². The SMILES string of the molecule is COC(C(=O)N1CCNCC1(C)C)c1ccccc1. The third-order valence-electron chi connectivity index (χ3n) is 3.63. The first-order valence-corrected chi connectivity index (χ1v) is 6.66. The van der Waals surface area contributed by atoms with Crippen molar-refractivity contribution >= 4 is 5.91 Å². The van der Waals surface area contributed by atoms with Gasteiger partial charge in [0.2, 0.25) is 0 Å². The van der Waals surface area contributed by atoms with Gasteiger partial charge in [-0.15, -0.1) is 0 Å². The Morgan fingerprint density at radius 3 is 2.63 bits per heavy atom. The number of carbonyl (C=O) groups is 1. The normalized spacial score (nSPS) is 20.1. The number of amides is 1. The number of hydrogen-bond acceptors (Lipinski definition) is 3. The van der Waals surface area contributed by atoms with Gasteiger partial charge in [0, 0.05) is 32.3 Å². The van der Waals surface area contributed by atoms with Crippen LogP contribution in [0, 0.1) is 0 Å². The molecule has 1 heterocycles. The topological polar surface area (TPSA) is 41.6 Å². The maximum atomic E-state index is 12.7. The maximum absolute atomic E-state index is 12.7. The Labute approximate surface area is 114 Å². The molecule has 0 bridgehead atoms. The van der Waals surface area contributed by atoms with Crippen LogP contribution < -0.4 is 5.32 Å². The molecule has 1 aliphatic rings. The molecule has 0 radical (unpaired) electrons. The number of piperazine rings is 1. The standard InChI is InChI=1S/C15H22N2O2/c1-15(2)11-16-9-10-17(15)14(18)13(19-3)12-7-5-4-6-8-12/h4-8,13,16H,9-11H2,1-3H3. The summed E-state index contributed by atoms with van der Waals surface area (Å²) >= 11 is 0. The molecule has 1 aliphatic heterocycles. The third kappa shape index (κ3) is 2.96. The van der Waals surface area contributed by atoms with Crippen LogP contribution >= 0.6 is 0 Å². The van der Waals surface area contributed by atoms with Gasteiger partial charge in [0.05, 0.1) is 0 Å². The molecule has 0 aliphatic carbocycles. The van der Waals surface area contributed by atoms with Crippen LogP contribution in [0.15, 0.2) is 30.3 Å². The molecule has 1 fully saturated rings. The molecule has 19 heavy (non-hydrogen) atoms. The molecule has 1 aromatic rings. The molecule has 0 aromatic heterocycles. The summed E-state index contributed by atoms with van der Waals surface area (Å²) in [5.41, 5.74) is 0.727. The van der Waals surface area contributed by atoms with E-state index in [-0.39, 0.29) is 11.4 Å². The minimum atomic E-state index is -0.515. The molecule has 1 amide bonds. The Balaban J connectivity index is 2.21. The molecule has 4 heteroatoms. The number of methoxy groups -OCH3 is 1. The summed E-state index contributed by atoms with van der Waals surface area (Å²) in [7, 11) is 1.59. The molecule has 1 aromatic carbocycles. The van der Waals surface area contributed by atoms with E-state index in [1.54, 1.807) is 7.11 Å². The second-order valence-corrected chi connectivity index (χ2v) is 5.51. The summed E-state index contributed by atoms with van der Waals surface area (Å²) in [6.07, 6.45) is -0.515. The Bertz CT molecular complexity index is 431. The van der Waals surface area contributed by atoms with Crippen molar-refractivity contribution in [2.45, 2.75) is 25.5 Å². The molecule has 104 valence electrons. The first-order chi connectivity index (χ1) is 9.06. The van der Waals surface area contributed by atoms with E-state index in [0.29, 0.717) is 0 Å². The maximum Gasteiger partial charge on any atom is 0.256 e. The van der Waals surface area contributed by atoms with Crippen LogP contribution in [0.4, 0.5) is 0 Å². The van der Waals surface area contributed by atoms with E-state index >= 15 is 0 Å². The number of hydrogen-bond donors (Lipinski definition) is 1. The van der Waals surface area contributed by atoms with Crippen LogP contribution in [0.3, 0.4) is 0 Å². The monoisotopic (exact) mass is 262 g/mol. The number of benzene rings is 1. The fraction of sp³-hybridized carbons (Fsp3) is 0.533. The number of nitrogens with one attached hydrogen (secondary N) is 1. The van der Waals surface area contributed by atoms with Gasteiger partial charge in [0.15, 0.2) is 6.10 Å². The molecule has 2 rings (SSSR count). The summed E-state index contributed by atoms with van der Waals surface area (Å²) in [4.78, 5) is 14.6. The largest absolute Gasteiger partial charge is 0.367 e. The van der Waals surface area contributed by atoms with Crippen molar-refractivity contribution in [2.75, 3.05) is 26.7 Å². The van der Waals surface area contributed by atoms with Crippen molar-refractivity contribution in [2.24, 2.45) is 0 Å². The van der Waals surface area contributed by atoms with Crippen LogP contribution in [0.5, 0.6) is 0 Å². The number of rotatable bonds is 3. The van der Waals surface area contributed by atoms with Crippen molar-refractivity contribution in [3.05, 3.63) is 35.9 Å². The van der Waals surface area contributed by atoms with E-state index in [1.165, 1.54) is 0 Å². The zero-order valence-corrected chi connectivity index (χ0v) is 11.8. The highest BCUT2D eigenvalue weighted by Gasteiger charge is 2.37. The van der Waals surface area contributed by atoms with Gasteiger partial charge in [-0.25, -0.2) is 0 Å². The van der Waals surface area contributed by atoms with Crippen molar-refractivity contribution in [3.8, 4) is 0 Å². The lowest BCUT2D eigenvalue weighted by molar-refractivity contribution is -0.149. The van der Waals surface area contributed by atoms with Gasteiger partial charge in [-0.05, 0) is 19.4 Å². The van der Waals surface area contributed by atoms with Gasteiger partial charge in [-0.3, -0.25) is 4.79 Å². The van der Waals surface area contributed by atoms with Gasteiger partial charge in [-0.2, -0.15) is 0 Å². The lowest BCUT2D eigenvalue weighted by atomic mass is 9.98. The minimum Gasteiger partial charge on any atom is -0.367 e. The molecule has 1 atom stereocenters. The van der Waals surface area contributed by atoms with Gasteiger partial charge < -0.3 is 15.0 Å². The second-order valence-electron chi connectivity index (χ2n) is 5.51. The van der Waals surface area contributed by atoms with Crippen LogP contribution in [0.2, 0.25) is 0 Å². The lowest BCUT2D eigenvalue weighted by Crippen LogP contribution is -2.60. The smallest absolute Gasteiger partial charge is 0.256 e. The number of nitrogens with zero attached hydrogens (tertiary/aromatic N) is 1. The van der Waals surface area contributed by atoms with E-state index in [4.69, 9.17) is 4.74 Å². The van der Waals surface area contributed by atoms with Crippen LogP contribution in [-0.4, -0.2) is 43.1 Å². The van der Waals surface area contributed by atoms with Crippen molar-refractivity contribution in [1.82, 2.24) is 10.2 Å². The second kappa shape index (κ2) is 5.72. The van der Waals surface area contributed by atoms with Crippen molar-refractivity contribution < 1.29 is 9.53 Å². The van der Waals surface area contributed by atoms with Gasteiger partial charge in [-0.1, -0.05) is 30.3 Å². The zero-order valence-electron chi connectivity index (χ0n) is 11.8. The fourth-order valence-electron chi connectivity index (χ4n) is 2.54. The number of ether oxygens (including phenoxy) is 1. The Hall–Kier alpha value is -1.39. The first-order valence-electron chi connectivity index (χ1n) is 6.66. The third-order valence-corrected chi connectivity index (χ3v) is 3.63. The van der Waals surface area contributed by atoms with E-state index in [0.717, 1.165) is 25.2 Å². The van der Waals surface area contributed by atoms with Gasteiger partial charge >= 0.3 is 0 Å². The fourth-order valence-corrected chi connectivity index (χ4v) is 2.54. The lowest BCUT2D eigenvalue weighted by Gasteiger charge is -2.44. The summed E-state index contributed by atoms with van der Waals surface area (Å²) in [6, 6.07) is 9.66. The van der Waals surface area contributed by atoms with Gasteiger partial charge in [0.25, 0.3) is 5.91 Å². The highest BCUT2D eigenvalue weighted by molar-refractivity contribution is 5.83. The summed E-state index contributed by atoms with van der Waals surface area (Å²) in [6.45, 7) is 6.52. The van der Waals surface area contributed by atoms with Crippen molar-refractivity contribution in [3.63, 3.8) is 0 Å². The average molecular weight is 262 g/mol. The van der Waals surface area contributed by atoms with E-state index in [9.17, 15) is 4.79 Å². The molecule has 0 saturated carbocycles. The predicted molar refractivity (Wildman–Crippen MR) is 74.9 cm³/mol. The Morgan fingerprint density at radius 1 is 1.37 bits per heavy atom. The average Bonchev–Trinajstić information content (AvgIpc) is 2.40. The van der Waals surface area contributed by atoms with Gasteiger partial charge in [0.1, 0.15) is 0 Å². The minimum absolute atomic E-state index is 0.0419. The molecular weight excluding hydrogens is 240 g/mol. The number of carbonyl (C=O) groups excluding carboxylic acids is 1. The van der Waals surface area contributed by atoms with E-state index in [2.05, 4.69) is 19.2 Å². The van der Waals surface area contributed by atoms with Crippen LogP contribution in [0.1, 0.15) is 25.5 Å². The zero-order chi connectivity index (χ0) is 13.9. The van der Waals surface area contributed by atoms with Crippen LogP contribution in [0.25, 0.3) is 0 Å². The molecule has 1 N–H and O–H groups in total. The summed E-state index contributed by atoms with van der Waals surface area (Å²) in [5.74, 6) is 0.0419. The summed E-state index contributed by atoms with van der Waals surface area (Å²) in [5, 5.41) is 3.32. The quantitative estimate of drug-likeness (QED) is 0.899. The van der Waals surface area contributed by atoms with Crippen LogP contribution in [-0.2, 0) is 9.53 Å². The predicted octanol–water partition coefficient (Wildman–Crippen LogP) is 1.58. The summed E-state index contributed by atoms with van der Waals surface area (Å²) < 4.78 is 5.43. The highest BCUT2D eigenvalue weighted by Crippen LogP contribution is 2.25. The highest BCUT2D eigenvalue weighted by atomic mass is 16.5. The van der Waals surface area contributed by atoms with Crippen molar-refractivity contribution in [1.29, 1.82) is 0 Å². The Morgan fingerprint density at radius 2 is 2.05 bits per heavy atom. The first kappa shape index (κ1) is 14.0. The molecule has 0 spiro atoms. The molecular formula is C15H22N2O2. The molecule has 1 saturated heterocycles. The Kier molecular flexibility index (Phi) is 4.22. The van der Waals surface area contributed by atoms with E-state index < -0.39 is 6.10 Å². The molecule has 1 unspecified atom stereocenters. The molecule has 4 nitrogen and oxygen atoms in total.